The molecule has 6 nitrogen and oxygen atoms in total. The van der Waals surface area contributed by atoms with Crippen LogP contribution in [0, 0.1) is 25.2 Å². The van der Waals surface area contributed by atoms with Gasteiger partial charge in [0.2, 0.25) is 5.91 Å². The summed E-state index contributed by atoms with van der Waals surface area (Å²) in [5.74, 6) is 0.232. The van der Waals surface area contributed by atoms with Crippen LogP contribution in [-0.2, 0) is 4.79 Å². The van der Waals surface area contributed by atoms with Gasteiger partial charge in [-0.15, -0.1) is 5.10 Å². The quantitative estimate of drug-likeness (QED) is 0.833. The highest BCUT2D eigenvalue weighted by Crippen LogP contribution is 2.17. The third kappa shape index (κ3) is 3.65. The molecule has 1 aromatic heterocycles. The molecule has 0 radical (unpaired) electrons. The van der Waals surface area contributed by atoms with E-state index in [1.165, 1.54) is 0 Å². The van der Waals surface area contributed by atoms with Gasteiger partial charge in [0.25, 0.3) is 0 Å². The maximum Gasteiger partial charge on any atom is 0.242 e. The van der Waals surface area contributed by atoms with Crippen molar-refractivity contribution in [3.05, 3.63) is 16.8 Å². The van der Waals surface area contributed by atoms with E-state index in [1.54, 1.807) is 13.8 Å². The number of rotatable bonds is 5. The SMILES string of the molecule is CCCNC(=O)C(C)Nc1nnc(C)c(C)c1C#N. The summed E-state index contributed by atoms with van der Waals surface area (Å²) in [7, 11) is 0. The monoisotopic (exact) mass is 261 g/mol. The molecule has 0 saturated carbocycles. The van der Waals surface area contributed by atoms with E-state index >= 15 is 0 Å². The molecule has 1 heterocycles. The lowest BCUT2D eigenvalue weighted by atomic mass is 10.1. The topological polar surface area (TPSA) is 90.7 Å². The van der Waals surface area contributed by atoms with Gasteiger partial charge in [0.05, 0.1) is 5.69 Å². The first-order valence-corrected chi connectivity index (χ1v) is 6.29. The zero-order chi connectivity index (χ0) is 14.4. The number of nitrogens with one attached hydrogen (secondary N) is 2. The first-order valence-electron chi connectivity index (χ1n) is 6.29. The maximum atomic E-state index is 11.8. The molecule has 1 unspecified atom stereocenters. The van der Waals surface area contributed by atoms with Crippen molar-refractivity contribution in [2.24, 2.45) is 0 Å². The van der Waals surface area contributed by atoms with Crippen molar-refractivity contribution in [1.29, 1.82) is 5.26 Å². The number of carbonyl (C=O) groups excluding carboxylic acids is 1. The Labute approximate surface area is 113 Å². The molecule has 0 bridgehead atoms. The van der Waals surface area contributed by atoms with Crippen LogP contribution >= 0.6 is 0 Å². The van der Waals surface area contributed by atoms with E-state index < -0.39 is 6.04 Å². The molecular formula is C13H19N5O. The van der Waals surface area contributed by atoms with E-state index in [-0.39, 0.29) is 5.91 Å². The standard InChI is InChI=1S/C13H19N5O/c1-5-6-15-13(19)10(4)16-12-11(7-14)8(2)9(3)17-18-12/h10H,5-6H2,1-4H3,(H,15,19)(H,16,18). The van der Waals surface area contributed by atoms with E-state index in [0.717, 1.165) is 12.0 Å². The number of amides is 1. The first kappa shape index (κ1) is 14.9. The Morgan fingerprint density at radius 2 is 2.11 bits per heavy atom. The summed E-state index contributed by atoms with van der Waals surface area (Å²) in [4.78, 5) is 11.8. The van der Waals surface area contributed by atoms with Crippen LogP contribution in [0.5, 0.6) is 0 Å². The van der Waals surface area contributed by atoms with Crippen LogP contribution in [-0.4, -0.2) is 28.7 Å². The van der Waals surface area contributed by atoms with Crippen LogP contribution in [0.25, 0.3) is 0 Å². The third-order valence-electron chi connectivity index (χ3n) is 2.86. The van der Waals surface area contributed by atoms with Crippen LogP contribution in [0.4, 0.5) is 5.82 Å². The van der Waals surface area contributed by atoms with E-state index in [4.69, 9.17) is 5.26 Å². The van der Waals surface area contributed by atoms with Gasteiger partial charge < -0.3 is 10.6 Å². The van der Waals surface area contributed by atoms with Gasteiger partial charge in [-0.3, -0.25) is 4.79 Å². The molecule has 19 heavy (non-hydrogen) atoms. The molecule has 0 fully saturated rings. The van der Waals surface area contributed by atoms with E-state index in [1.807, 2.05) is 13.8 Å². The summed E-state index contributed by atoms with van der Waals surface area (Å²) in [6.07, 6.45) is 0.880. The number of aromatic nitrogens is 2. The molecule has 0 aromatic carbocycles. The Balaban J connectivity index is 2.86. The molecular weight excluding hydrogens is 242 g/mol. The normalized spacial score (nSPS) is 11.5. The third-order valence-corrected chi connectivity index (χ3v) is 2.86. The Bertz CT molecular complexity index is 506. The van der Waals surface area contributed by atoms with Crippen LogP contribution in [0.2, 0.25) is 0 Å². The fourth-order valence-corrected chi connectivity index (χ4v) is 1.52. The second kappa shape index (κ2) is 6.69. The Hall–Kier alpha value is -2.16. The fraction of sp³-hybridized carbons (Fsp3) is 0.538. The predicted octanol–water partition coefficient (Wildman–Crippen LogP) is 1.29. The number of carbonyl (C=O) groups is 1. The van der Waals surface area contributed by atoms with Crippen molar-refractivity contribution < 1.29 is 4.79 Å². The zero-order valence-electron chi connectivity index (χ0n) is 11.7. The number of anilines is 1. The summed E-state index contributed by atoms with van der Waals surface area (Å²) in [5, 5.41) is 22.8. The van der Waals surface area contributed by atoms with Crippen molar-refractivity contribution in [1.82, 2.24) is 15.5 Å². The number of hydrogen-bond donors (Lipinski definition) is 2. The van der Waals surface area contributed by atoms with Gasteiger partial charge in [-0.2, -0.15) is 10.4 Å². The van der Waals surface area contributed by atoms with Crippen molar-refractivity contribution in [3.8, 4) is 6.07 Å². The molecule has 0 aliphatic rings. The minimum absolute atomic E-state index is 0.120. The molecule has 1 atom stereocenters. The Morgan fingerprint density at radius 3 is 2.68 bits per heavy atom. The molecule has 0 spiro atoms. The van der Waals surface area contributed by atoms with Crippen molar-refractivity contribution >= 4 is 11.7 Å². The fourth-order valence-electron chi connectivity index (χ4n) is 1.52. The van der Waals surface area contributed by atoms with Gasteiger partial charge in [-0.1, -0.05) is 6.92 Å². The van der Waals surface area contributed by atoms with Gasteiger partial charge in [0.1, 0.15) is 17.7 Å². The highest BCUT2D eigenvalue weighted by molar-refractivity contribution is 5.84. The lowest BCUT2D eigenvalue weighted by Gasteiger charge is -2.15. The molecule has 0 aliphatic carbocycles. The predicted molar refractivity (Wildman–Crippen MR) is 72.6 cm³/mol. The number of aryl methyl sites for hydroxylation is 1. The van der Waals surface area contributed by atoms with Crippen molar-refractivity contribution in [3.63, 3.8) is 0 Å². The van der Waals surface area contributed by atoms with Gasteiger partial charge in [0, 0.05) is 6.54 Å². The summed E-state index contributed by atoms with van der Waals surface area (Å²) in [5.41, 5.74) is 1.92. The lowest BCUT2D eigenvalue weighted by Crippen LogP contribution is -2.38. The molecule has 1 amide bonds. The molecule has 0 aliphatic heterocycles. The summed E-state index contributed by atoms with van der Waals surface area (Å²) >= 11 is 0. The summed E-state index contributed by atoms with van der Waals surface area (Å²) < 4.78 is 0. The average molecular weight is 261 g/mol. The minimum Gasteiger partial charge on any atom is -0.356 e. The molecule has 2 N–H and O–H groups in total. The van der Waals surface area contributed by atoms with Crippen LogP contribution in [0.15, 0.2) is 0 Å². The number of hydrogen-bond acceptors (Lipinski definition) is 5. The molecule has 102 valence electrons. The van der Waals surface area contributed by atoms with Gasteiger partial charge in [-0.25, -0.2) is 0 Å². The van der Waals surface area contributed by atoms with Crippen LogP contribution in [0.1, 0.15) is 37.1 Å². The molecule has 6 heteroatoms. The van der Waals surface area contributed by atoms with Crippen LogP contribution in [0.3, 0.4) is 0 Å². The first-order chi connectivity index (χ1) is 9.01. The van der Waals surface area contributed by atoms with Crippen molar-refractivity contribution in [2.45, 2.75) is 40.2 Å². The highest BCUT2D eigenvalue weighted by atomic mass is 16.2. The smallest absolute Gasteiger partial charge is 0.242 e. The van der Waals surface area contributed by atoms with E-state index in [9.17, 15) is 4.79 Å². The number of nitriles is 1. The average Bonchev–Trinajstić information content (AvgIpc) is 2.40. The highest BCUT2D eigenvalue weighted by Gasteiger charge is 2.17. The number of nitrogens with zero attached hydrogens (tertiary/aromatic N) is 3. The second-order valence-corrected chi connectivity index (χ2v) is 4.40. The summed E-state index contributed by atoms with van der Waals surface area (Å²) in [6, 6.07) is 1.63. The summed E-state index contributed by atoms with van der Waals surface area (Å²) in [6.45, 7) is 7.96. The molecule has 0 saturated heterocycles. The Morgan fingerprint density at radius 1 is 1.42 bits per heavy atom. The molecule has 1 aromatic rings. The second-order valence-electron chi connectivity index (χ2n) is 4.40. The molecule has 1 rings (SSSR count). The maximum absolute atomic E-state index is 11.8. The van der Waals surface area contributed by atoms with Gasteiger partial charge in [-0.05, 0) is 32.8 Å². The van der Waals surface area contributed by atoms with Crippen molar-refractivity contribution in [2.75, 3.05) is 11.9 Å². The van der Waals surface area contributed by atoms with Crippen LogP contribution < -0.4 is 10.6 Å². The van der Waals surface area contributed by atoms with E-state index in [0.29, 0.717) is 23.6 Å². The lowest BCUT2D eigenvalue weighted by molar-refractivity contribution is -0.121. The van der Waals surface area contributed by atoms with Gasteiger partial charge >= 0.3 is 0 Å². The largest absolute Gasteiger partial charge is 0.356 e. The minimum atomic E-state index is -0.463. The Kier molecular flexibility index (Phi) is 5.24. The van der Waals surface area contributed by atoms with Gasteiger partial charge in [0.15, 0.2) is 5.82 Å². The zero-order valence-corrected chi connectivity index (χ0v) is 11.7. The van der Waals surface area contributed by atoms with E-state index in [2.05, 4.69) is 26.9 Å².